The first-order chi connectivity index (χ1) is 28.4. The van der Waals surface area contributed by atoms with Gasteiger partial charge in [0.1, 0.15) is 23.0 Å². The van der Waals surface area contributed by atoms with E-state index in [2.05, 4.69) is 53.0 Å². The van der Waals surface area contributed by atoms with E-state index in [0.29, 0.717) is 22.6 Å². The standard InChI is InChI=1S/2C25H34O5.2H2N.Pt/c2*1-5-6-7-8-18-14-21(26)25(20-13-17(4)9-10-19(20)16(2)3)22(15-18)30-24(29)12-11-23(27)28;;;/h2*13-15,19-20,26H,2,5-12H2,1,3-4H3,(H,27,28);2*1H2;/q;;2*-1;+2/t19-,20?;19-,20+;;;/m11.../s1. The van der Waals surface area contributed by atoms with Gasteiger partial charge in [0.25, 0.3) is 0 Å². The average Bonchev–Trinajstić information content (AvgIpc) is 3.16. The molecule has 0 spiro atoms. The average molecular weight is 1060 g/mol. The minimum absolute atomic E-state index is 0. The third kappa shape index (κ3) is 18.6. The van der Waals surface area contributed by atoms with E-state index in [0.717, 1.165) is 99.3 Å². The predicted molar refractivity (Wildman–Crippen MR) is 246 cm³/mol. The fraction of sp³-hybridized carbons (Fsp3) is 0.520. The summed E-state index contributed by atoms with van der Waals surface area (Å²) < 4.78 is 11.2. The molecule has 0 saturated heterocycles. The maximum atomic E-state index is 12.3. The van der Waals surface area contributed by atoms with Crippen molar-refractivity contribution in [1.82, 2.24) is 0 Å². The van der Waals surface area contributed by atoms with Crippen LogP contribution in [0.4, 0.5) is 0 Å². The van der Waals surface area contributed by atoms with E-state index in [1.807, 2.05) is 26.0 Å². The zero-order valence-corrected chi connectivity index (χ0v) is 40.5. The van der Waals surface area contributed by atoms with Crippen LogP contribution in [-0.2, 0) is 53.1 Å². The SMILES string of the molecule is C=C(C)[C@H]1CCC(C)=CC1c1c(O)cc(CCCCC)cc1OC(=O)CCC(=O)O.C=C(C)[C@H]1CCC(C)=C[C@@H]1c1c(O)cc(CCCCC)cc1OC(=O)CCC(=O)O.[NH2-].[NH2-].[Pt+2]. The Balaban J connectivity index is 0.00000116. The molecule has 0 fully saturated rings. The summed E-state index contributed by atoms with van der Waals surface area (Å²) in [5.74, 6) is -2.39. The van der Waals surface area contributed by atoms with E-state index in [1.165, 1.54) is 11.1 Å². The summed E-state index contributed by atoms with van der Waals surface area (Å²) in [4.78, 5) is 46.3. The zero-order chi connectivity index (χ0) is 44.5. The molecule has 2 aromatic carbocycles. The number of carbonyl (C=O) groups excluding carboxylic acids is 2. The molecule has 0 amide bonds. The molecular formula is C50H72N2O10Pt. The molecular weight excluding hydrogens is 984 g/mol. The van der Waals surface area contributed by atoms with E-state index in [9.17, 15) is 29.4 Å². The van der Waals surface area contributed by atoms with Crippen LogP contribution in [0.5, 0.6) is 23.0 Å². The zero-order valence-electron chi connectivity index (χ0n) is 38.2. The molecule has 63 heavy (non-hydrogen) atoms. The topological polar surface area (TPSA) is 235 Å². The molecule has 2 aliphatic carbocycles. The number of carboxylic acids is 2. The first-order valence-electron chi connectivity index (χ1n) is 21.7. The fourth-order valence-electron chi connectivity index (χ4n) is 8.20. The van der Waals surface area contributed by atoms with Crippen molar-refractivity contribution in [3.05, 3.63) is 106 Å². The second-order valence-electron chi connectivity index (χ2n) is 16.8. The number of carboxylic acid groups (broad SMARTS) is 2. The number of aliphatic carboxylic acids is 2. The molecule has 4 atom stereocenters. The Labute approximate surface area is 389 Å². The van der Waals surface area contributed by atoms with Crippen molar-refractivity contribution in [2.45, 2.75) is 156 Å². The molecule has 2 aliphatic rings. The van der Waals surface area contributed by atoms with Gasteiger partial charge in [-0.05, 0) is 126 Å². The molecule has 0 bridgehead atoms. The second-order valence-corrected chi connectivity index (χ2v) is 16.8. The van der Waals surface area contributed by atoms with E-state index in [-0.39, 0.29) is 94.2 Å². The van der Waals surface area contributed by atoms with Crippen molar-refractivity contribution in [3.63, 3.8) is 0 Å². The van der Waals surface area contributed by atoms with Crippen molar-refractivity contribution in [3.8, 4) is 23.0 Å². The van der Waals surface area contributed by atoms with E-state index < -0.39 is 23.9 Å². The molecule has 12 nitrogen and oxygen atoms in total. The number of phenolic OH excluding ortho intramolecular Hbond substituents is 2. The van der Waals surface area contributed by atoms with Crippen LogP contribution in [0.15, 0.2) is 71.9 Å². The third-order valence-corrected chi connectivity index (χ3v) is 11.5. The number of hydrogen-bond donors (Lipinski definition) is 4. The van der Waals surface area contributed by atoms with Crippen LogP contribution < -0.4 is 9.47 Å². The van der Waals surface area contributed by atoms with E-state index in [1.54, 1.807) is 12.1 Å². The van der Waals surface area contributed by atoms with Crippen molar-refractivity contribution >= 4 is 23.9 Å². The third-order valence-electron chi connectivity index (χ3n) is 11.5. The van der Waals surface area contributed by atoms with Crippen LogP contribution in [0.2, 0.25) is 0 Å². The van der Waals surface area contributed by atoms with Gasteiger partial charge in [-0.1, -0.05) is 87.1 Å². The number of aromatic hydroxyl groups is 2. The largest absolute Gasteiger partial charge is 2.00 e. The number of esters is 2. The summed E-state index contributed by atoms with van der Waals surface area (Å²) >= 11 is 0. The van der Waals surface area contributed by atoms with Gasteiger partial charge in [0.15, 0.2) is 0 Å². The minimum atomic E-state index is -1.04. The molecule has 0 aromatic heterocycles. The summed E-state index contributed by atoms with van der Waals surface area (Å²) in [6.45, 7) is 20.6. The van der Waals surface area contributed by atoms with Crippen molar-refractivity contribution in [1.29, 1.82) is 0 Å². The summed E-state index contributed by atoms with van der Waals surface area (Å²) in [6, 6.07) is 7.20. The maximum absolute atomic E-state index is 12.3. The Bertz CT molecular complexity index is 1800. The van der Waals surface area contributed by atoms with Crippen LogP contribution in [0.25, 0.3) is 12.3 Å². The van der Waals surface area contributed by atoms with Crippen LogP contribution in [0, 0.1) is 11.8 Å². The van der Waals surface area contributed by atoms with Gasteiger partial charge >= 0.3 is 44.9 Å². The first kappa shape index (κ1) is 58.5. The van der Waals surface area contributed by atoms with E-state index >= 15 is 0 Å². The van der Waals surface area contributed by atoms with E-state index in [4.69, 9.17) is 19.7 Å². The Morgan fingerprint density at radius 3 is 1.27 bits per heavy atom. The molecule has 352 valence electrons. The van der Waals surface area contributed by atoms with Gasteiger partial charge in [0.2, 0.25) is 0 Å². The van der Waals surface area contributed by atoms with Crippen LogP contribution >= 0.6 is 0 Å². The quantitative estimate of drug-likeness (QED) is 0.0424. The Morgan fingerprint density at radius 1 is 0.619 bits per heavy atom. The maximum Gasteiger partial charge on any atom is 2.00 e. The minimum Gasteiger partial charge on any atom is -0.693 e. The van der Waals surface area contributed by atoms with Crippen molar-refractivity contribution < 1.29 is 70.1 Å². The molecule has 2 aromatic rings. The first-order valence-corrected chi connectivity index (χ1v) is 21.7. The van der Waals surface area contributed by atoms with Gasteiger partial charge in [-0.2, -0.15) is 0 Å². The number of aryl methyl sites for hydroxylation is 2. The number of carbonyl (C=O) groups is 4. The van der Waals surface area contributed by atoms with Gasteiger partial charge < -0.3 is 42.2 Å². The number of allylic oxidation sites excluding steroid dienone is 6. The molecule has 13 heteroatoms. The molecule has 0 saturated carbocycles. The van der Waals surface area contributed by atoms with Crippen LogP contribution in [-0.4, -0.2) is 44.3 Å². The molecule has 4 rings (SSSR count). The molecule has 1 unspecified atom stereocenters. The molecule has 8 N–H and O–H groups in total. The van der Waals surface area contributed by atoms with Crippen LogP contribution in [0.3, 0.4) is 0 Å². The predicted octanol–water partition coefficient (Wildman–Crippen LogP) is 13.3. The summed E-state index contributed by atoms with van der Waals surface area (Å²) in [5, 5.41) is 39.6. The summed E-state index contributed by atoms with van der Waals surface area (Å²) in [6.07, 6.45) is 14.9. The Kier molecular flexibility index (Phi) is 27.0. The van der Waals surface area contributed by atoms with Gasteiger partial charge in [0, 0.05) is 23.0 Å². The van der Waals surface area contributed by atoms with Gasteiger partial charge in [-0.3, -0.25) is 19.2 Å². The number of unbranched alkanes of at least 4 members (excludes halogenated alkanes) is 4. The smallest absolute Gasteiger partial charge is 0.693 e. The van der Waals surface area contributed by atoms with Gasteiger partial charge in [-0.15, -0.1) is 0 Å². The molecule has 0 heterocycles. The van der Waals surface area contributed by atoms with Crippen LogP contribution in [0.1, 0.15) is 166 Å². The second kappa shape index (κ2) is 29.0. The summed E-state index contributed by atoms with van der Waals surface area (Å²) in [7, 11) is 0. The Morgan fingerprint density at radius 2 is 0.968 bits per heavy atom. The molecule has 0 aliphatic heterocycles. The Hall–Kier alpha value is -4.51. The number of benzene rings is 2. The van der Waals surface area contributed by atoms with Gasteiger partial charge in [0.05, 0.1) is 25.7 Å². The normalized spacial score (nSPS) is 17.7. The van der Waals surface area contributed by atoms with Gasteiger partial charge in [-0.25, -0.2) is 0 Å². The fourth-order valence-corrected chi connectivity index (χ4v) is 8.20. The number of nitrogens with two attached hydrogens (primary N) is 2. The molecule has 0 radical (unpaired) electrons. The summed E-state index contributed by atoms with van der Waals surface area (Å²) in [5.41, 5.74) is 7.51. The number of rotatable bonds is 20. The number of hydrogen-bond acceptors (Lipinski definition) is 8. The number of ether oxygens (including phenoxy) is 2. The number of phenols is 2. The van der Waals surface area contributed by atoms with Crippen molar-refractivity contribution in [2.75, 3.05) is 0 Å². The van der Waals surface area contributed by atoms with Crippen molar-refractivity contribution in [2.24, 2.45) is 11.8 Å². The monoisotopic (exact) mass is 1060 g/mol.